The van der Waals surface area contributed by atoms with Crippen LogP contribution in [0.15, 0.2) is 11.4 Å². The number of nitrogens with zero attached hydrogens (tertiary/aromatic N) is 2. The first kappa shape index (κ1) is 12.5. The summed E-state index contributed by atoms with van der Waals surface area (Å²) < 4.78 is 0. The van der Waals surface area contributed by atoms with E-state index in [0.29, 0.717) is 23.5 Å². The Morgan fingerprint density at radius 1 is 1.69 bits per heavy atom. The second kappa shape index (κ2) is 5.52. The highest BCUT2D eigenvalue weighted by Crippen LogP contribution is 2.21. The molecule has 0 saturated carbocycles. The third-order valence-corrected chi connectivity index (χ3v) is 3.16. The van der Waals surface area contributed by atoms with E-state index in [1.165, 1.54) is 11.3 Å². The van der Waals surface area contributed by atoms with Gasteiger partial charge in [-0.1, -0.05) is 0 Å². The van der Waals surface area contributed by atoms with E-state index in [2.05, 4.69) is 0 Å². The van der Waals surface area contributed by atoms with Gasteiger partial charge in [-0.25, -0.2) is 0 Å². The molecule has 0 spiro atoms. The highest BCUT2D eigenvalue weighted by molar-refractivity contribution is 7.12. The second-order valence-corrected chi connectivity index (χ2v) is 4.62. The van der Waals surface area contributed by atoms with Crippen LogP contribution in [0.25, 0.3) is 0 Å². The molecule has 0 unspecified atom stereocenters. The van der Waals surface area contributed by atoms with Crippen LogP contribution in [0.5, 0.6) is 0 Å². The van der Waals surface area contributed by atoms with Gasteiger partial charge in [0.25, 0.3) is 5.91 Å². The predicted molar refractivity (Wildman–Crippen MR) is 65.1 cm³/mol. The summed E-state index contributed by atoms with van der Waals surface area (Å²) in [5.74, 6) is -0.0854. The van der Waals surface area contributed by atoms with Crippen molar-refractivity contribution in [3.63, 3.8) is 0 Å². The zero-order valence-electron chi connectivity index (χ0n) is 9.43. The molecule has 1 rings (SSSR count). The van der Waals surface area contributed by atoms with Crippen molar-refractivity contribution in [3.8, 4) is 6.07 Å². The number of nitriles is 1. The zero-order valence-corrected chi connectivity index (χ0v) is 10.3. The molecule has 5 heteroatoms. The summed E-state index contributed by atoms with van der Waals surface area (Å²) in [6, 6.07) is 3.84. The van der Waals surface area contributed by atoms with Gasteiger partial charge >= 0.3 is 0 Å². The van der Waals surface area contributed by atoms with E-state index in [4.69, 9.17) is 11.0 Å². The maximum Gasteiger partial charge on any atom is 0.266 e. The van der Waals surface area contributed by atoms with Crippen LogP contribution in [0.4, 0.5) is 5.69 Å². The Morgan fingerprint density at radius 2 is 2.38 bits per heavy atom. The first-order valence-electron chi connectivity index (χ1n) is 5.08. The molecule has 0 aromatic carbocycles. The summed E-state index contributed by atoms with van der Waals surface area (Å²) in [5, 5.41) is 10.4. The van der Waals surface area contributed by atoms with Gasteiger partial charge in [0.05, 0.1) is 18.2 Å². The van der Waals surface area contributed by atoms with Crippen LogP contribution in [0.2, 0.25) is 0 Å². The lowest BCUT2D eigenvalue weighted by Gasteiger charge is -2.25. The highest BCUT2D eigenvalue weighted by Gasteiger charge is 2.21. The second-order valence-electron chi connectivity index (χ2n) is 3.71. The molecule has 0 fully saturated rings. The highest BCUT2D eigenvalue weighted by atomic mass is 32.1. The third kappa shape index (κ3) is 2.74. The summed E-state index contributed by atoms with van der Waals surface area (Å²) in [7, 11) is 0. The molecule has 1 aromatic heterocycles. The fraction of sp³-hybridized carbons (Fsp3) is 0.455. The van der Waals surface area contributed by atoms with Gasteiger partial charge in [0.2, 0.25) is 0 Å². The molecular formula is C11H15N3OS. The van der Waals surface area contributed by atoms with Crippen molar-refractivity contribution in [3.05, 3.63) is 16.3 Å². The Hall–Kier alpha value is -1.54. The van der Waals surface area contributed by atoms with E-state index in [1.54, 1.807) is 16.3 Å². The van der Waals surface area contributed by atoms with Gasteiger partial charge in [-0.2, -0.15) is 5.26 Å². The summed E-state index contributed by atoms with van der Waals surface area (Å²) in [4.78, 5) is 14.4. The zero-order chi connectivity index (χ0) is 12.1. The fourth-order valence-electron chi connectivity index (χ4n) is 1.39. The minimum atomic E-state index is -0.0854. The van der Waals surface area contributed by atoms with E-state index in [9.17, 15) is 4.79 Å². The molecule has 16 heavy (non-hydrogen) atoms. The van der Waals surface area contributed by atoms with Crippen molar-refractivity contribution in [1.29, 1.82) is 5.26 Å². The molecule has 0 saturated heterocycles. The normalized spacial score (nSPS) is 10.1. The lowest BCUT2D eigenvalue weighted by atomic mass is 10.2. The topological polar surface area (TPSA) is 70.1 Å². The average molecular weight is 237 g/mol. The smallest absolute Gasteiger partial charge is 0.266 e. The van der Waals surface area contributed by atoms with Crippen LogP contribution >= 0.6 is 11.3 Å². The van der Waals surface area contributed by atoms with Crippen LogP contribution in [0.1, 0.15) is 29.9 Å². The number of thiophene rings is 1. The lowest BCUT2D eigenvalue weighted by Crippen LogP contribution is -2.37. The van der Waals surface area contributed by atoms with Crippen LogP contribution < -0.4 is 5.73 Å². The molecule has 0 aliphatic rings. The third-order valence-electron chi connectivity index (χ3n) is 2.24. The minimum absolute atomic E-state index is 0.0716. The molecular weight excluding hydrogens is 222 g/mol. The van der Waals surface area contributed by atoms with Crippen molar-refractivity contribution in [2.24, 2.45) is 0 Å². The first-order chi connectivity index (χ1) is 7.57. The number of hydrogen-bond donors (Lipinski definition) is 1. The number of carbonyl (C=O) groups is 1. The van der Waals surface area contributed by atoms with Crippen LogP contribution in [0.3, 0.4) is 0 Å². The summed E-state index contributed by atoms with van der Waals surface area (Å²) in [6.45, 7) is 4.31. The Labute approximate surface area is 99.3 Å². The van der Waals surface area contributed by atoms with Gasteiger partial charge in [-0.3, -0.25) is 4.79 Å². The quantitative estimate of drug-likeness (QED) is 0.871. The van der Waals surface area contributed by atoms with Gasteiger partial charge in [0.15, 0.2) is 0 Å². The van der Waals surface area contributed by atoms with Crippen molar-refractivity contribution in [2.45, 2.75) is 26.3 Å². The number of rotatable bonds is 4. The SMILES string of the molecule is CC(C)N(CCC#N)C(=O)c1sccc1N. The molecule has 0 atom stereocenters. The summed E-state index contributed by atoms with van der Waals surface area (Å²) in [6.07, 6.45) is 0.342. The number of amides is 1. The molecule has 0 aliphatic carbocycles. The van der Waals surface area contributed by atoms with Crippen molar-refractivity contribution in [1.82, 2.24) is 4.90 Å². The van der Waals surface area contributed by atoms with Crippen molar-refractivity contribution < 1.29 is 4.79 Å². The molecule has 0 bridgehead atoms. The molecule has 0 aliphatic heterocycles. The van der Waals surface area contributed by atoms with Crippen LogP contribution in [-0.2, 0) is 0 Å². The molecule has 0 radical (unpaired) electrons. The molecule has 1 heterocycles. The number of nitrogens with two attached hydrogens (primary N) is 1. The molecule has 1 aromatic rings. The molecule has 86 valence electrons. The average Bonchev–Trinajstić information content (AvgIpc) is 2.64. The molecule has 2 N–H and O–H groups in total. The van der Waals surface area contributed by atoms with Crippen LogP contribution in [0, 0.1) is 11.3 Å². The standard InChI is InChI=1S/C11H15N3OS/c1-8(2)14(6-3-5-12)11(15)10-9(13)4-7-16-10/h4,7-8H,3,6,13H2,1-2H3. The lowest BCUT2D eigenvalue weighted by molar-refractivity contribution is 0.0716. The number of hydrogen-bond acceptors (Lipinski definition) is 4. The van der Waals surface area contributed by atoms with Gasteiger partial charge in [0.1, 0.15) is 4.88 Å². The summed E-state index contributed by atoms with van der Waals surface area (Å²) in [5.41, 5.74) is 6.22. The van der Waals surface area contributed by atoms with Crippen molar-refractivity contribution >= 4 is 22.9 Å². The predicted octanol–water partition coefficient (Wildman–Crippen LogP) is 2.09. The Morgan fingerprint density at radius 3 is 2.81 bits per heavy atom. The van der Waals surface area contributed by atoms with Gasteiger partial charge < -0.3 is 10.6 Å². The van der Waals surface area contributed by atoms with Gasteiger partial charge in [-0.05, 0) is 25.3 Å². The maximum atomic E-state index is 12.1. The van der Waals surface area contributed by atoms with E-state index in [1.807, 2.05) is 19.9 Å². The Balaban J connectivity index is 2.84. The number of anilines is 1. The minimum Gasteiger partial charge on any atom is -0.397 e. The number of carbonyl (C=O) groups excluding carboxylic acids is 1. The Kier molecular flexibility index (Phi) is 4.32. The molecule has 1 amide bonds. The largest absolute Gasteiger partial charge is 0.397 e. The van der Waals surface area contributed by atoms with E-state index >= 15 is 0 Å². The van der Waals surface area contributed by atoms with Gasteiger partial charge in [0, 0.05) is 12.6 Å². The van der Waals surface area contributed by atoms with E-state index in [-0.39, 0.29) is 11.9 Å². The Bertz CT molecular complexity index is 406. The number of nitrogen functional groups attached to an aromatic ring is 1. The van der Waals surface area contributed by atoms with Crippen LogP contribution in [-0.4, -0.2) is 23.4 Å². The molecule has 4 nitrogen and oxygen atoms in total. The van der Waals surface area contributed by atoms with E-state index < -0.39 is 0 Å². The van der Waals surface area contributed by atoms with E-state index in [0.717, 1.165) is 0 Å². The first-order valence-corrected chi connectivity index (χ1v) is 5.96. The van der Waals surface area contributed by atoms with Crippen molar-refractivity contribution in [2.75, 3.05) is 12.3 Å². The van der Waals surface area contributed by atoms with Gasteiger partial charge in [-0.15, -0.1) is 11.3 Å². The fourth-order valence-corrected chi connectivity index (χ4v) is 2.16. The summed E-state index contributed by atoms with van der Waals surface area (Å²) >= 11 is 1.34. The monoisotopic (exact) mass is 237 g/mol. The maximum absolute atomic E-state index is 12.1.